The Labute approximate surface area is 236 Å². The maximum Gasteiger partial charge on any atom is 0.303 e. The molecule has 15 nitrogen and oxygen atoms in total. The molecule has 2 rings (SSSR count). The maximum absolute atomic E-state index is 12.9. The van der Waals surface area contributed by atoms with Crippen molar-refractivity contribution in [2.24, 2.45) is 5.73 Å². The zero-order valence-electron chi connectivity index (χ0n) is 23.0. The number of benzene rings is 1. The molecule has 0 radical (unpaired) electrons. The zero-order valence-corrected chi connectivity index (χ0v) is 23.0. The Hall–Kier alpha value is -3.63. The summed E-state index contributed by atoms with van der Waals surface area (Å²) in [6, 6.07) is 5.54. The molecule has 4 amide bonds. The Morgan fingerprint density at radius 1 is 1.07 bits per heavy atom. The second-order valence-corrected chi connectivity index (χ2v) is 9.61. The van der Waals surface area contributed by atoms with Crippen LogP contribution in [0.1, 0.15) is 39.2 Å². The second-order valence-electron chi connectivity index (χ2n) is 9.61. The van der Waals surface area contributed by atoms with Crippen LogP contribution < -0.4 is 21.7 Å². The molecule has 8 atom stereocenters. The highest BCUT2D eigenvalue weighted by Crippen LogP contribution is 2.26. The number of carbonyl (C=O) groups excluding carboxylic acids is 4. The predicted octanol–water partition coefficient (Wildman–Crippen LogP) is -2.10. The van der Waals surface area contributed by atoms with Crippen molar-refractivity contribution >= 4 is 29.6 Å². The van der Waals surface area contributed by atoms with Crippen LogP contribution in [0.4, 0.5) is 0 Å². The average molecular weight is 583 g/mol. The number of aliphatic carboxylic acids is 1. The molecule has 228 valence electrons. The number of primary amides is 1. The van der Waals surface area contributed by atoms with Crippen molar-refractivity contribution in [1.29, 1.82) is 0 Å². The first kappa shape index (κ1) is 33.6. The highest BCUT2D eigenvalue weighted by molar-refractivity contribution is 5.92. The number of hydrogen-bond acceptors (Lipinski definition) is 10. The number of nitrogens with two attached hydrogens (primary N) is 1. The van der Waals surface area contributed by atoms with Gasteiger partial charge >= 0.3 is 5.97 Å². The van der Waals surface area contributed by atoms with Gasteiger partial charge in [0.1, 0.15) is 42.5 Å². The molecule has 1 aromatic carbocycles. The Kier molecular flexibility index (Phi) is 13.1. The number of ether oxygens (including phenoxy) is 3. The summed E-state index contributed by atoms with van der Waals surface area (Å²) in [7, 11) is 0. The first-order valence-electron chi connectivity index (χ1n) is 13.0. The molecule has 15 heteroatoms. The van der Waals surface area contributed by atoms with Gasteiger partial charge in [0.15, 0.2) is 6.29 Å². The van der Waals surface area contributed by atoms with Crippen LogP contribution in [0.25, 0.3) is 0 Å². The molecule has 0 aliphatic carbocycles. The summed E-state index contributed by atoms with van der Waals surface area (Å²) in [6.45, 7) is 3.37. The van der Waals surface area contributed by atoms with Crippen LogP contribution in [0.5, 0.6) is 0 Å². The molecule has 0 unspecified atom stereocenters. The molecule has 0 bridgehead atoms. The lowest BCUT2D eigenvalue weighted by Gasteiger charge is -2.44. The lowest BCUT2D eigenvalue weighted by Crippen LogP contribution is -2.66. The number of aliphatic hydroxyl groups is 2. The van der Waals surface area contributed by atoms with Crippen LogP contribution in [0.3, 0.4) is 0 Å². The minimum absolute atomic E-state index is 0.0734. The minimum atomic E-state index is -1.48. The van der Waals surface area contributed by atoms with Gasteiger partial charge in [-0.05, 0) is 25.8 Å². The fraction of sp³-hybridized carbons (Fsp3) is 0.577. The number of carbonyl (C=O) groups is 5. The van der Waals surface area contributed by atoms with E-state index in [1.165, 1.54) is 20.8 Å². The summed E-state index contributed by atoms with van der Waals surface area (Å²) in [5.41, 5.74) is 6.02. The van der Waals surface area contributed by atoms with Crippen molar-refractivity contribution in [3.8, 4) is 0 Å². The summed E-state index contributed by atoms with van der Waals surface area (Å²) >= 11 is 0. The normalized spacial score (nSPS) is 24.4. The standard InChI is InChI=1S/C26H38N4O11/c1-13(24(37)30-17(23(27)36)9-10-19(33)34)28-25(38)14(2)40-22-20(29-15(3)32)26(41-18(11-31)21(22)35)39-12-16-7-5-4-6-8-16/h4-8,13-14,17-18,20-22,26,31,35H,9-12H2,1-3H3,(H2,27,36)(H,28,38)(H,29,32)(H,30,37)(H,33,34)/t13-,14+,17-,18+,20+,21+,22+,26-/m0/s1. The largest absolute Gasteiger partial charge is 0.481 e. The predicted molar refractivity (Wildman–Crippen MR) is 141 cm³/mol. The number of nitrogens with one attached hydrogen (secondary N) is 3. The highest BCUT2D eigenvalue weighted by Gasteiger charge is 2.48. The summed E-state index contributed by atoms with van der Waals surface area (Å²) in [5.74, 6) is -4.19. The van der Waals surface area contributed by atoms with Gasteiger partial charge in [-0.25, -0.2) is 0 Å². The van der Waals surface area contributed by atoms with E-state index >= 15 is 0 Å². The average Bonchev–Trinajstić information content (AvgIpc) is 2.92. The number of hydrogen-bond donors (Lipinski definition) is 7. The molecule has 1 aromatic rings. The first-order chi connectivity index (χ1) is 19.3. The number of rotatable bonds is 15. The third-order valence-corrected chi connectivity index (χ3v) is 6.27. The minimum Gasteiger partial charge on any atom is -0.481 e. The van der Waals surface area contributed by atoms with Crippen LogP contribution in [-0.4, -0.2) is 100 Å². The van der Waals surface area contributed by atoms with Crippen molar-refractivity contribution in [3.63, 3.8) is 0 Å². The molecule has 1 aliphatic heterocycles. The topological polar surface area (TPSA) is 236 Å². The molecule has 0 spiro atoms. The van der Waals surface area contributed by atoms with Crippen LogP contribution in [-0.2, 0) is 44.8 Å². The van der Waals surface area contributed by atoms with E-state index in [1.54, 1.807) is 0 Å². The van der Waals surface area contributed by atoms with Gasteiger partial charge in [-0.15, -0.1) is 0 Å². The van der Waals surface area contributed by atoms with Crippen molar-refractivity contribution in [2.45, 2.75) is 89.1 Å². The van der Waals surface area contributed by atoms with Gasteiger partial charge in [0.2, 0.25) is 23.6 Å². The van der Waals surface area contributed by atoms with E-state index in [1.807, 2.05) is 30.3 Å². The summed E-state index contributed by atoms with van der Waals surface area (Å²) < 4.78 is 17.4. The van der Waals surface area contributed by atoms with E-state index in [9.17, 15) is 34.2 Å². The SMILES string of the molecule is CC(=O)N[C@H]1[C@@H](OCc2ccccc2)O[C@H](CO)[C@@H](O)[C@@H]1O[C@H](C)C(=O)N[C@@H](C)C(=O)N[C@@H](CCC(=O)O)C(N)=O. The summed E-state index contributed by atoms with van der Waals surface area (Å²) in [6.07, 6.45) is -7.01. The fourth-order valence-corrected chi connectivity index (χ4v) is 4.06. The molecule has 1 heterocycles. The molecule has 0 saturated carbocycles. The van der Waals surface area contributed by atoms with Gasteiger partial charge in [0, 0.05) is 13.3 Å². The molecular formula is C26H38N4O11. The third kappa shape index (κ3) is 10.4. The Morgan fingerprint density at radius 3 is 2.29 bits per heavy atom. The molecule has 1 fully saturated rings. The van der Waals surface area contributed by atoms with Gasteiger partial charge in [-0.1, -0.05) is 30.3 Å². The van der Waals surface area contributed by atoms with Gasteiger partial charge in [-0.2, -0.15) is 0 Å². The number of carboxylic acids is 1. The smallest absolute Gasteiger partial charge is 0.303 e. The molecular weight excluding hydrogens is 544 g/mol. The van der Waals surface area contributed by atoms with Gasteiger partial charge in [0.05, 0.1) is 13.2 Å². The van der Waals surface area contributed by atoms with Gasteiger partial charge in [-0.3, -0.25) is 24.0 Å². The summed E-state index contributed by atoms with van der Waals surface area (Å²) in [4.78, 5) is 59.8. The molecule has 0 aromatic heterocycles. The first-order valence-corrected chi connectivity index (χ1v) is 13.0. The maximum atomic E-state index is 12.9. The second kappa shape index (κ2) is 16.0. The van der Waals surface area contributed by atoms with Crippen LogP contribution in [0.15, 0.2) is 30.3 Å². The lowest BCUT2D eigenvalue weighted by molar-refractivity contribution is -0.283. The lowest BCUT2D eigenvalue weighted by atomic mass is 9.96. The number of aliphatic hydroxyl groups excluding tert-OH is 2. The van der Waals surface area contributed by atoms with Crippen molar-refractivity contribution < 1.29 is 53.5 Å². The van der Waals surface area contributed by atoms with E-state index in [4.69, 9.17) is 25.1 Å². The van der Waals surface area contributed by atoms with E-state index in [2.05, 4.69) is 16.0 Å². The van der Waals surface area contributed by atoms with E-state index in [-0.39, 0.29) is 13.0 Å². The molecule has 1 aliphatic rings. The van der Waals surface area contributed by atoms with Crippen molar-refractivity contribution in [2.75, 3.05) is 6.61 Å². The van der Waals surface area contributed by atoms with E-state index in [0.29, 0.717) is 0 Å². The van der Waals surface area contributed by atoms with Crippen LogP contribution >= 0.6 is 0 Å². The van der Waals surface area contributed by atoms with Crippen LogP contribution in [0, 0.1) is 0 Å². The fourth-order valence-electron chi connectivity index (χ4n) is 4.06. The van der Waals surface area contributed by atoms with Crippen LogP contribution in [0.2, 0.25) is 0 Å². The van der Waals surface area contributed by atoms with Gasteiger partial charge < -0.3 is 51.2 Å². The van der Waals surface area contributed by atoms with E-state index < -0.39 is 91.5 Å². The van der Waals surface area contributed by atoms with E-state index in [0.717, 1.165) is 5.56 Å². The quantitative estimate of drug-likeness (QED) is 0.118. The number of amides is 4. The Morgan fingerprint density at radius 2 is 1.73 bits per heavy atom. The van der Waals surface area contributed by atoms with Crippen molar-refractivity contribution in [1.82, 2.24) is 16.0 Å². The molecule has 8 N–H and O–H groups in total. The molecule has 1 saturated heterocycles. The Balaban J connectivity index is 2.10. The third-order valence-electron chi connectivity index (χ3n) is 6.27. The molecule has 41 heavy (non-hydrogen) atoms. The summed E-state index contributed by atoms with van der Waals surface area (Å²) in [5, 5.41) is 36.8. The zero-order chi connectivity index (χ0) is 30.7. The van der Waals surface area contributed by atoms with Crippen molar-refractivity contribution in [3.05, 3.63) is 35.9 Å². The monoisotopic (exact) mass is 582 g/mol. The number of carboxylic acid groups (broad SMARTS) is 1. The van der Waals surface area contributed by atoms with Gasteiger partial charge in [0.25, 0.3) is 0 Å². The highest BCUT2D eigenvalue weighted by atomic mass is 16.7. The Bertz CT molecular complexity index is 1060.